The maximum absolute atomic E-state index is 13.2. The lowest BCUT2D eigenvalue weighted by Gasteiger charge is -2.17. The maximum atomic E-state index is 13.2. The van der Waals surface area contributed by atoms with Gasteiger partial charge in [0.1, 0.15) is 0 Å². The highest BCUT2D eigenvalue weighted by atomic mass is 35.5. The van der Waals surface area contributed by atoms with Crippen LogP contribution >= 0.6 is 34.8 Å². The summed E-state index contributed by atoms with van der Waals surface area (Å²) in [6.45, 7) is 3.99. The Morgan fingerprint density at radius 1 is 0.700 bits per heavy atom. The molecule has 0 fully saturated rings. The predicted octanol–water partition coefficient (Wildman–Crippen LogP) is 6.63. The Bertz CT molecular complexity index is 1640. The number of para-hydroxylation sites is 1. The van der Waals surface area contributed by atoms with Crippen LogP contribution in [0.1, 0.15) is 11.1 Å². The highest BCUT2D eigenvalue weighted by Gasteiger charge is 2.19. The minimum absolute atomic E-state index is 0.206. The van der Waals surface area contributed by atoms with Crippen molar-refractivity contribution in [2.24, 2.45) is 0 Å². The second kappa shape index (κ2) is 6.71. The van der Waals surface area contributed by atoms with Gasteiger partial charge in [-0.25, -0.2) is 0 Å². The smallest absolute Gasteiger partial charge is 0.189 e. The fraction of sp³-hybridized carbons (Fsp3) is 0.0833. The first-order valence-corrected chi connectivity index (χ1v) is 10.4. The van der Waals surface area contributed by atoms with Gasteiger partial charge in [0.25, 0.3) is 0 Å². The average molecular weight is 455 g/mol. The molecule has 148 valence electrons. The second-order valence-corrected chi connectivity index (χ2v) is 8.70. The van der Waals surface area contributed by atoms with E-state index in [0.717, 1.165) is 16.8 Å². The summed E-state index contributed by atoms with van der Waals surface area (Å²) in [5, 5.41) is 7.30. The van der Waals surface area contributed by atoms with Crippen LogP contribution in [0.2, 0.25) is 15.1 Å². The van der Waals surface area contributed by atoms with Crippen molar-refractivity contribution in [3.05, 3.63) is 99.5 Å². The Kier molecular flexibility index (Phi) is 4.33. The molecule has 0 saturated carbocycles. The Labute approximate surface area is 186 Å². The van der Waals surface area contributed by atoms with Crippen molar-refractivity contribution in [1.82, 2.24) is 0 Å². The summed E-state index contributed by atoms with van der Waals surface area (Å²) in [6, 6.07) is 12.1. The summed E-state index contributed by atoms with van der Waals surface area (Å²) in [5.74, 6) is 0. The molecule has 2 aliphatic carbocycles. The predicted molar refractivity (Wildman–Crippen MR) is 126 cm³/mol. The Morgan fingerprint density at radius 3 is 1.87 bits per heavy atom. The van der Waals surface area contributed by atoms with Crippen LogP contribution in [0.25, 0.3) is 21.5 Å². The minimum atomic E-state index is -0.258. The first-order valence-electron chi connectivity index (χ1n) is 9.28. The van der Waals surface area contributed by atoms with Crippen molar-refractivity contribution in [3.63, 3.8) is 0 Å². The van der Waals surface area contributed by atoms with Crippen molar-refractivity contribution in [1.29, 1.82) is 0 Å². The van der Waals surface area contributed by atoms with Crippen LogP contribution in [-0.4, -0.2) is 0 Å². The van der Waals surface area contributed by atoms with Gasteiger partial charge in [0, 0.05) is 32.3 Å². The molecule has 3 aromatic carbocycles. The zero-order chi connectivity index (χ0) is 21.3. The summed E-state index contributed by atoms with van der Waals surface area (Å²) < 4.78 is 0. The second-order valence-electron chi connectivity index (χ2n) is 7.48. The third-order valence-corrected chi connectivity index (χ3v) is 6.54. The summed E-state index contributed by atoms with van der Waals surface area (Å²) in [6.07, 6.45) is 0. The van der Waals surface area contributed by atoms with Gasteiger partial charge in [-0.2, -0.15) is 0 Å². The lowest BCUT2D eigenvalue weighted by molar-refractivity contribution is 1.36. The van der Waals surface area contributed by atoms with Gasteiger partial charge in [-0.05, 0) is 49.2 Å². The molecule has 30 heavy (non-hydrogen) atoms. The molecule has 0 unspecified atom stereocenters. The van der Waals surface area contributed by atoms with Crippen LogP contribution in [-0.2, 0) is 0 Å². The first-order chi connectivity index (χ1) is 14.3. The molecule has 0 amide bonds. The largest absolute Gasteiger partial charge is 0.354 e. The minimum Gasteiger partial charge on any atom is -0.354 e. The number of hydrogen-bond acceptors (Lipinski definition) is 3. The van der Waals surface area contributed by atoms with E-state index in [-0.39, 0.29) is 15.9 Å². The zero-order valence-corrected chi connectivity index (χ0v) is 18.3. The number of nitrogens with one attached hydrogen (secondary N) is 1. The molecule has 0 spiro atoms. The topological polar surface area (TPSA) is 46.2 Å². The van der Waals surface area contributed by atoms with Crippen molar-refractivity contribution in [2.75, 3.05) is 5.32 Å². The van der Waals surface area contributed by atoms with Crippen molar-refractivity contribution >= 4 is 67.7 Å². The van der Waals surface area contributed by atoms with E-state index >= 15 is 0 Å². The van der Waals surface area contributed by atoms with Crippen molar-refractivity contribution in [2.45, 2.75) is 13.8 Å². The highest BCUT2D eigenvalue weighted by Crippen LogP contribution is 2.37. The molecule has 0 heterocycles. The maximum Gasteiger partial charge on any atom is 0.189 e. The lowest BCUT2D eigenvalue weighted by atomic mass is 9.95. The van der Waals surface area contributed by atoms with Gasteiger partial charge >= 0.3 is 0 Å². The quantitative estimate of drug-likeness (QED) is 0.325. The van der Waals surface area contributed by atoms with Crippen LogP contribution < -0.4 is 16.2 Å². The molecular weight excluding hydrogens is 441 g/mol. The highest BCUT2D eigenvalue weighted by molar-refractivity contribution is 6.39. The molecule has 0 atom stereocenters. The zero-order valence-electron chi connectivity index (χ0n) is 16.0. The molecular formula is C24H14Cl3NO2. The van der Waals surface area contributed by atoms with E-state index in [2.05, 4.69) is 5.32 Å². The third kappa shape index (κ3) is 2.66. The molecule has 0 radical (unpaired) electrons. The molecule has 2 aliphatic rings. The number of benzene rings is 3. The Hall–Kier alpha value is -2.59. The third-order valence-electron chi connectivity index (χ3n) is 5.62. The normalized spacial score (nSPS) is 11.8. The molecule has 3 aromatic rings. The molecule has 0 saturated heterocycles. The standard InChI is InChI=1S/C24H14Cl3NO2/c1-10-4-3-5-11(2)24(10)28-17-9-15(26)13-6-18(29)22-16(27)8-14(25)12-7-19(30)23(17)21(13)20(12)22/h3-9,28H,1-2H3. The molecule has 5 rings (SSSR count). The first kappa shape index (κ1) is 19.4. The van der Waals surface area contributed by atoms with Gasteiger partial charge in [-0.1, -0.05) is 53.0 Å². The van der Waals surface area contributed by atoms with Gasteiger partial charge in [-0.3, -0.25) is 9.59 Å². The Balaban J connectivity index is 2.04. The summed E-state index contributed by atoms with van der Waals surface area (Å²) in [7, 11) is 0. The molecule has 0 bridgehead atoms. The SMILES string of the molecule is Cc1cccc(C)c1Nc1cc(Cl)c2cc(=O)c3c(Cl)cc(Cl)c4cc(=O)c1c2=c43. The monoisotopic (exact) mass is 453 g/mol. The molecule has 1 N–H and O–H groups in total. The molecule has 0 aliphatic heterocycles. The van der Waals surface area contributed by atoms with E-state index < -0.39 is 0 Å². The number of halogens is 3. The van der Waals surface area contributed by atoms with Crippen LogP contribution in [0.3, 0.4) is 0 Å². The molecule has 0 aromatic heterocycles. The molecule has 6 heteroatoms. The number of aryl methyl sites for hydroxylation is 2. The van der Waals surface area contributed by atoms with Gasteiger partial charge in [0.2, 0.25) is 0 Å². The van der Waals surface area contributed by atoms with E-state index in [9.17, 15) is 9.59 Å². The number of hydrogen-bond donors (Lipinski definition) is 1. The van der Waals surface area contributed by atoms with Gasteiger partial charge in [0.15, 0.2) is 10.9 Å². The lowest BCUT2D eigenvalue weighted by Crippen LogP contribution is -2.11. The van der Waals surface area contributed by atoms with E-state index in [4.69, 9.17) is 34.8 Å². The van der Waals surface area contributed by atoms with Gasteiger partial charge < -0.3 is 5.32 Å². The average Bonchev–Trinajstić information content (AvgIpc) is 2.67. The van der Waals surface area contributed by atoms with Crippen LogP contribution in [0.15, 0.2) is 52.1 Å². The fourth-order valence-corrected chi connectivity index (χ4v) is 5.12. The van der Waals surface area contributed by atoms with Crippen molar-refractivity contribution in [3.8, 4) is 0 Å². The van der Waals surface area contributed by atoms with Gasteiger partial charge in [0.05, 0.1) is 26.1 Å². The molecule has 3 nitrogen and oxygen atoms in total. The fourth-order valence-electron chi connectivity index (χ4n) is 4.25. The van der Waals surface area contributed by atoms with Gasteiger partial charge in [-0.15, -0.1) is 0 Å². The van der Waals surface area contributed by atoms with E-state index in [1.807, 2.05) is 32.0 Å². The van der Waals surface area contributed by atoms with Crippen LogP contribution in [0.5, 0.6) is 0 Å². The van der Waals surface area contributed by atoms with E-state index in [0.29, 0.717) is 47.7 Å². The van der Waals surface area contributed by atoms with E-state index in [1.165, 1.54) is 18.2 Å². The summed E-state index contributed by atoms with van der Waals surface area (Å²) in [4.78, 5) is 26.0. The van der Waals surface area contributed by atoms with Crippen LogP contribution in [0, 0.1) is 24.3 Å². The van der Waals surface area contributed by atoms with Crippen molar-refractivity contribution < 1.29 is 0 Å². The number of rotatable bonds is 2. The summed E-state index contributed by atoms with van der Waals surface area (Å²) in [5.41, 5.74) is 3.10. The van der Waals surface area contributed by atoms with Crippen LogP contribution in [0.4, 0.5) is 11.4 Å². The van der Waals surface area contributed by atoms with E-state index in [1.54, 1.807) is 6.07 Å². The Morgan fingerprint density at radius 2 is 1.23 bits per heavy atom. The summed E-state index contributed by atoms with van der Waals surface area (Å²) >= 11 is 19.3. The number of anilines is 2.